The van der Waals surface area contributed by atoms with Crippen LogP contribution in [0.4, 0.5) is 5.69 Å². The number of anilines is 1. The molecule has 7 nitrogen and oxygen atoms in total. The lowest BCUT2D eigenvalue weighted by atomic mass is 10.0. The van der Waals surface area contributed by atoms with Gasteiger partial charge in [-0.3, -0.25) is 13.9 Å². The van der Waals surface area contributed by atoms with Gasteiger partial charge in [-0.05, 0) is 53.8 Å². The number of amides is 2. The lowest BCUT2D eigenvalue weighted by Gasteiger charge is -2.34. The van der Waals surface area contributed by atoms with Gasteiger partial charge < -0.3 is 10.2 Å². The molecule has 220 valence electrons. The molecule has 2 amide bonds. The average molecular weight is 639 g/mol. The maximum atomic E-state index is 14.1. The van der Waals surface area contributed by atoms with Crippen molar-refractivity contribution in [3.63, 3.8) is 0 Å². The van der Waals surface area contributed by atoms with Gasteiger partial charge in [0.05, 0.1) is 11.9 Å². The van der Waals surface area contributed by atoms with E-state index >= 15 is 0 Å². The van der Waals surface area contributed by atoms with Crippen molar-refractivity contribution in [1.29, 1.82) is 0 Å². The number of rotatable bonds is 12. The molecule has 3 aromatic rings. The van der Waals surface area contributed by atoms with Crippen LogP contribution in [0.3, 0.4) is 0 Å². The van der Waals surface area contributed by atoms with Crippen molar-refractivity contribution in [3.8, 4) is 0 Å². The van der Waals surface area contributed by atoms with Crippen molar-refractivity contribution in [1.82, 2.24) is 10.2 Å². The molecule has 1 N–H and O–H groups in total. The standard InChI is InChI=1S/C30H34Cl3N3O4S/c1-20(2)17-34-30(38)28(14-22-8-6-5-7-9-22)35(18-23-11-12-24(31)15-27(23)33)29(37)19-36(41(4,39)40)25-13-10-21(3)26(32)16-25/h5-13,15-16,20,28H,14,17-19H2,1-4H3,(H,34,38)/t28-/m0/s1. The third-order valence-corrected chi connectivity index (χ3v) is 8.57. The number of carbonyl (C=O) groups is 2. The van der Waals surface area contributed by atoms with Crippen LogP contribution in [0, 0.1) is 12.8 Å². The molecular weight excluding hydrogens is 605 g/mol. The number of benzene rings is 3. The van der Waals surface area contributed by atoms with Gasteiger partial charge >= 0.3 is 0 Å². The predicted octanol–water partition coefficient (Wildman–Crippen LogP) is 6.13. The van der Waals surface area contributed by atoms with E-state index < -0.39 is 28.5 Å². The summed E-state index contributed by atoms with van der Waals surface area (Å²) in [5, 5.41) is 4.05. The van der Waals surface area contributed by atoms with Crippen LogP contribution in [0.5, 0.6) is 0 Å². The fourth-order valence-electron chi connectivity index (χ4n) is 4.16. The van der Waals surface area contributed by atoms with Crippen molar-refractivity contribution in [3.05, 3.63) is 98.5 Å². The zero-order valence-corrected chi connectivity index (χ0v) is 26.5. The molecular formula is C30H34Cl3N3O4S. The third kappa shape index (κ3) is 9.36. The van der Waals surface area contributed by atoms with E-state index in [-0.39, 0.29) is 30.5 Å². The fraction of sp³-hybridized carbons (Fsp3) is 0.333. The normalized spacial score (nSPS) is 12.2. The van der Waals surface area contributed by atoms with E-state index in [1.807, 2.05) is 44.2 Å². The summed E-state index contributed by atoms with van der Waals surface area (Å²) in [6.07, 6.45) is 1.22. The first kappa shape index (κ1) is 32.7. The monoisotopic (exact) mass is 637 g/mol. The van der Waals surface area contributed by atoms with Gasteiger partial charge in [-0.2, -0.15) is 0 Å². The van der Waals surface area contributed by atoms with Gasteiger partial charge in [0.1, 0.15) is 12.6 Å². The van der Waals surface area contributed by atoms with Crippen LogP contribution in [0.15, 0.2) is 66.7 Å². The number of nitrogens with zero attached hydrogens (tertiary/aromatic N) is 2. The molecule has 41 heavy (non-hydrogen) atoms. The molecule has 0 aliphatic rings. The summed E-state index contributed by atoms with van der Waals surface area (Å²) in [7, 11) is -3.91. The van der Waals surface area contributed by atoms with Gasteiger partial charge in [0.25, 0.3) is 0 Å². The summed E-state index contributed by atoms with van der Waals surface area (Å²) in [5.41, 5.74) is 2.40. The molecule has 0 fully saturated rings. The predicted molar refractivity (Wildman–Crippen MR) is 167 cm³/mol. The summed E-state index contributed by atoms with van der Waals surface area (Å²) < 4.78 is 26.8. The van der Waals surface area contributed by atoms with Gasteiger partial charge in [0, 0.05) is 34.6 Å². The Bertz CT molecular complexity index is 1480. The quantitative estimate of drug-likeness (QED) is 0.259. The second kappa shape index (κ2) is 14.4. The first-order chi connectivity index (χ1) is 19.3. The zero-order valence-electron chi connectivity index (χ0n) is 23.4. The number of carbonyl (C=O) groups excluding carboxylic acids is 2. The van der Waals surface area contributed by atoms with E-state index in [2.05, 4.69) is 5.32 Å². The van der Waals surface area contributed by atoms with Gasteiger partial charge in [-0.1, -0.05) is 91.1 Å². The number of sulfonamides is 1. The lowest BCUT2D eigenvalue weighted by molar-refractivity contribution is -0.140. The molecule has 0 heterocycles. The summed E-state index contributed by atoms with van der Waals surface area (Å²) >= 11 is 18.9. The Morgan fingerprint density at radius 3 is 2.20 bits per heavy atom. The van der Waals surface area contributed by atoms with E-state index in [1.165, 1.54) is 11.0 Å². The Kier molecular flexibility index (Phi) is 11.5. The molecule has 0 unspecified atom stereocenters. The number of aryl methyl sites for hydroxylation is 1. The highest BCUT2D eigenvalue weighted by Crippen LogP contribution is 2.27. The Hall–Kier alpha value is -2.78. The van der Waals surface area contributed by atoms with Crippen LogP contribution in [-0.2, 0) is 32.6 Å². The van der Waals surface area contributed by atoms with Crippen molar-refractivity contribution >= 4 is 62.3 Å². The van der Waals surface area contributed by atoms with Crippen LogP contribution in [0.1, 0.15) is 30.5 Å². The van der Waals surface area contributed by atoms with E-state index in [9.17, 15) is 18.0 Å². The Balaban J connectivity index is 2.08. The summed E-state index contributed by atoms with van der Waals surface area (Å²) in [6, 6.07) is 18.0. The zero-order chi connectivity index (χ0) is 30.3. The fourth-order valence-corrected chi connectivity index (χ4v) is 5.65. The summed E-state index contributed by atoms with van der Waals surface area (Å²) in [5.74, 6) is -0.762. The van der Waals surface area contributed by atoms with Crippen LogP contribution >= 0.6 is 34.8 Å². The number of hydrogen-bond donors (Lipinski definition) is 1. The van der Waals surface area contributed by atoms with E-state index in [4.69, 9.17) is 34.8 Å². The number of nitrogens with one attached hydrogen (secondary N) is 1. The third-order valence-electron chi connectivity index (χ3n) is 6.43. The molecule has 11 heteroatoms. The van der Waals surface area contributed by atoms with E-state index in [0.717, 1.165) is 21.7 Å². The summed E-state index contributed by atoms with van der Waals surface area (Å²) in [6.45, 7) is 5.55. The molecule has 0 saturated carbocycles. The minimum absolute atomic E-state index is 0.0479. The Morgan fingerprint density at radius 2 is 1.61 bits per heavy atom. The minimum atomic E-state index is -3.91. The minimum Gasteiger partial charge on any atom is -0.354 e. The second-order valence-electron chi connectivity index (χ2n) is 10.3. The maximum absolute atomic E-state index is 14.1. The van der Waals surface area contributed by atoms with Gasteiger partial charge in [-0.25, -0.2) is 8.42 Å². The maximum Gasteiger partial charge on any atom is 0.244 e. The van der Waals surface area contributed by atoms with Crippen molar-refractivity contribution in [2.24, 2.45) is 5.92 Å². The molecule has 0 aliphatic carbocycles. The Labute approximate surface area is 257 Å². The average Bonchev–Trinajstić information content (AvgIpc) is 2.90. The molecule has 0 bridgehead atoms. The Morgan fingerprint density at radius 1 is 0.927 bits per heavy atom. The van der Waals surface area contributed by atoms with Crippen molar-refractivity contribution in [2.75, 3.05) is 23.7 Å². The topological polar surface area (TPSA) is 86.8 Å². The van der Waals surface area contributed by atoms with E-state index in [1.54, 1.807) is 37.3 Å². The highest BCUT2D eigenvalue weighted by molar-refractivity contribution is 7.92. The highest BCUT2D eigenvalue weighted by Gasteiger charge is 2.33. The molecule has 0 aromatic heterocycles. The first-order valence-electron chi connectivity index (χ1n) is 13.0. The lowest BCUT2D eigenvalue weighted by Crippen LogP contribution is -2.53. The van der Waals surface area contributed by atoms with Crippen molar-refractivity contribution in [2.45, 2.75) is 39.8 Å². The second-order valence-corrected chi connectivity index (χ2v) is 13.5. The van der Waals surface area contributed by atoms with Crippen LogP contribution < -0.4 is 9.62 Å². The van der Waals surface area contributed by atoms with Crippen LogP contribution in [0.2, 0.25) is 15.1 Å². The van der Waals surface area contributed by atoms with E-state index in [0.29, 0.717) is 27.2 Å². The van der Waals surface area contributed by atoms with Gasteiger partial charge in [-0.15, -0.1) is 0 Å². The van der Waals surface area contributed by atoms with Crippen molar-refractivity contribution < 1.29 is 18.0 Å². The highest BCUT2D eigenvalue weighted by atomic mass is 35.5. The SMILES string of the molecule is Cc1ccc(N(CC(=O)N(Cc2ccc(Cl)cc2Cl)[C@@H](Cc2ccccc2)C(=O)NCC(C)C)S(C)(=O)=O)cc1Cl. The molecule has 0 aliphatic heterocycles. The number of hydrogen-bond acceptors (Lipinski definition) is 4. The largest absolute Gasteiger partial charge is 0.354 e. The van der Waals surface area contributed by atoms with Crippen LogP contribution in [-0.4, -0.2) is 50.5 Å². The molecule has 3 rings (SSSR count). The molecule has 0 saturated heterocycles. The first-order valence-corrected chi connectivity index (χ1v) is 16.0. The number of halogens is 3. The molecule has 3 aromatic carbocycles. The van der Waals surface area contributed by atoms with Gasteiger partial charge in [0.15, 0.2) is 0 Å². The van der Waals surface area contributed by atoms with Gasteiger partial charge in [0.2, 0.25) is 21.8 Å². The smallest absolute Gasteiger partial charge is 0.244 e. The molecule has 1 atom stereocenters. The van der Waals surface area contributed by atoms with Crippen LogP contribution in [0.25, 0.3) is 0 Å². The molecule has 0 spiro atoms. The molecule has 0 radical (unpaired) electrons. The summed E-state index contributed by atoms with van der Waals surface area (Å²) in [4.78, 5) is 29.2.